The van der Waals surface area contributed by atoms with Crippen LogP contribution < -0.4 is 5.32 Å². The highest BCUT2D eigenvalue weighted by Crippen LogP contribution is 2.22. The summed E-state index contributed by atoms with van der Waals surface area (Å²) in [4.78, 5) is 27.6. The molecule has 0 heterocycles. The summed E-state index contributed by atoms with van der Waals surface area (Å²) in [5.41, 5.74) is 1.83. The Morgan fingerprint density at radius 2 is 1.79 bits per heavy atom. The van der Waals surface area contributed by atoms with Gasteiger partial charge in [-0.1, -0.05) is 73.4 Å². The molecule has 2 rings (SSSR count). The molecule has 4 nitrogen and oxygen atoms in total. The minimum Gasteiger partial charge on any atom is -0.354 e. The van der Waals surface area contributed by atoms with Crippen LogP contribution in [0.25, 0.3) is 0 Å². The lowest BCUT2D eigenvalue weighted by atomic mass is 10.1. The molecule has 0 spiro atoms. The molecule has 0 bridgehead atoms. The molecule has 1 atom stereocenters. The van der Waals surface area contributed by atoms with Crippen molar-refractivity contribution in [1.29, 1.82) is 0 Å². The normalized spacial score (nSPS) is 11.7. The molecule has 0 aromatic heterocycles. The predicted molar refractivity (Wildman–Crippen MR) is 119 cm³/mol. The number of hydrogen-bond donors (Lipinski definition) is 1. The minimum absolute atomic E-state index is 0.113. The first-order valence-electron chi connectivity index (χ1n) is 10.0. The van der Waals surface area contributed by atoms with Gasteiger partial charge in [-0.3, -0.25) is 9.59 Å². The van der Waals surface area contributed by atoms with Crippen LogP contribution in [0.3, 0.4) is 0 Å². The van der Waals surface area contributed by atoms with E-state index in [1.165, 1.54) is 0 Å². The highest BCUT2D eigenvalue weighted by Gasteiger charge is 2.28. The summed E-state index contributed by atoms with van der Waals surface area (Å²) in [7, 11) is 0. The summed E-state index contributed by atoms with van der Waals surface area (Å²) >= 11 is 12.2. The first kappa shape index (κ1) is 23.2. The van der Waals surface area contributed by atoms with Gasteiger partial charge in [-0.15, -0.1) is 0 Å². The molecule has 0 fully saturated rings. The molecule has 0 aliphatic carbocycles. The van der Waals surface area contributed by atoms with E-state index in [1.54, 1.807) is 23.1 Å². The maximum atomic E-state index is 13.2. The Morgan fingerprint density at radius 3 is 2.41 bits per heavy atom. The Hall–Kier alpha value is -2.04. The van der Waals surface area contributed by atoms with Crippen LogP contribution in [0.1, 0.15) is 37.8 Å². The van der Waals surface area contributed by atoms with Gasteiger partial charge in [0.2, 0.25) is 11.8 Å². The molecule has 6 heteroatoms. The first-order chi connectivity index (χ1) is 14.0. The molecule has 29 heavy (non-hydrogen) atoms. The van der Waals surface area contributed by atoms with E-state index in [9.17, 15) is 9.59 Å². The Bertz CT molecular complexity index is 812. The third-order valence-electron chi connectivity index (χ3n) is 4.78. The summed E-state index contributed by atoms with van der Waals surface area (Å²) in [5, 5.41) is 3.90. The highest BCUT2D eigenvalue weighted by molar-refractivity contribution is 6.35. The van der Waals surface area contributed by atoms with Crippen molar-refractivity contribution in [3.05, 3.63) is 69.7 Å². The Kier molecular flexibility index (Phi) is 9.49. The van der Waals surface area contributed by atoms with Gasteiger partial charge in [0.15, 0.2) is 0 Å². The minimum atomic E-state index is -0.510. The van der Waals surface area contributed by atoms with Crippen molar-refractivity contribution in [3.63, 3.8) is 0 Å². The van der Waals surface area contributed by atoms with Gasteiger partial charge in [-0.25, -0.2) is 0 Å². The number of benzene rings is 2. The average Bonchev–Trinajstić information content (AvgIpc) is 2.72. The third-order valence-corrected chi connectivity index (χ3v) is 5.36. The molecule has 2 amide bonds. The summed E-state index contributed by atoms with van der Waals surface area (Å²) < 4.78 is 0. The van der Waals surface area contributed by atoms with Crippen molar-refractivity contribution in [1.82, 2.24) is 10.2 Å². The lowest BCUT2D eigenvalue weighted by Gasteiger charge is -2.31. The molecular formula is C23H28Cl2N2O2. The van der Waals surface area contributed by atoms with Crippen LogP contribution in [-0.2, 0) is 22.4 Å². The van der Waals surface area contributed by atoms with Crippen LogP contribution in [0.15, 0.2) is 48.5 Å². The molecule has 0 saturated carbocycles. The van der Waals surface area contributed by atoms with Crippen molar-refractivity contribution in [2.45, 2.75) is 45.6 Å². The monoisotopic (exact) mass is 434 g/mol. The van der Waals surface area contributed by atoms with Crippen molar-refractivity contribution < 1.29 is 9.59 Å². The fraction of sp³-hybridized carbons (Fsp3) is 0.391. The number of amides is 2. The van der Waals surface area contributed by atoms with E-state index in [0.29, 0.717) is 41.5 Å². The Morgan fingerprint density at radius 1 is 1.07 bits per heavy atom. The highest BCUT2D eigenvalue weighted by atomic mass is 35.5. The molecule has 2 aromatic carbocycles. The largest absolute Gasteiger partial charge is 0.354 e. The van der Waals surface area contributed by atoms with Crippen molar-refractivity contribution in [2.75, 3.05) is 13.1 Å². The Labute approximate surface area is 183 Å². The second-order valence-electron chi connectivity index (χ2n) is 6.95. The molecule has 0 aliphatic rings. The second kappa shape index (κ2) is 11.8. The molecule has 0 saturated heterocycles. The summed E-state index contributed by atoms with van der Waals surface area (Å²) in [5.74, 6) is -0.235. The number of halogens is 2. The maximum Gasteiger partial charge on any atom is 0.242 e. The average molecular weight is 435 g/mol. The van der Waals surface area contributed by atoms with E-state index in [1.807, 2.05) is 44.2 Å². The van der Waals surface area contributed by atoms with Gasteiger partial charge >= 0.3 is 0 Å². The van der Waals surface area contributed by atoms with Gasteiger partial charge < -0.3 is 10.2 Å². The molecule has 0 radical (unpaired) electrons. The van der Waals surface area contributed by atoms with Gasteiger partial charge in [0.25, 0.3) is 0 Å². The molecule has 0 unspecified atom stereocenters. The quantitative estimate of drug-likeness (QED) is 0.577. The van der Waals surface area contributed by atoms with E-state index < -0.39 is 6.04 Å². The van der Waals surface area contributed by atoms with Crippen LogP contribution in [0.2, 0.25) is 10.0 Å². The zero-order valence-corrected chi connectivity index (χ0v) is 18.5. The lowest BCUT2D eigenvalue weighted by Crippen LogP contribution is -2.50. The van der Waals surface area contributed by atoms with Crippen LogP contribution in [-0.4, -0.2) is 35.8 Å². The number of nitrogens with zero attached hydrogens (tertiary/aromatic N) is 1. The predicted octanol–water partition coefficient (Wildman–Crippen LogP) is 4.91. The number of rotatable bonds is 10. The van der Waals surface area contributed by atoms with Crippen LogP contribution in [0.5, 0.6) is 0 Å². The number of carbonyl (C=O) groups is 2. The fourth-order valence-corrected chi connectivity index (χ4v) is 3.67. The smallest absolute Gasteiger partial charge is 0.242 e. The zero-order chi connectivity index (χ0) is 21.2. The van der Waals surface area contributed by atoms with E-state index in [2.05, 4.69) is 5.32 Å². The maximum absolute atomic E-state index is 13.2. The molecular weight excluding hydrogens is 407 g/mol. The van der Waals surface area contributed by atoms with Crippen molar-refractivity contribution in [3.8, 4) is 0 Å². The summed E-state index contributed by atoms with van der Waals surface area (Å²) in [6.07, 6.45) is 2.20. The molecule has 2 aromatic rings. The lowest BCUT2D eigenvalue weighted by molar-refractivity contribution is -0.140. The van der Waals surface area contributed by atoms with E-state index in [4.69, 9.17) is 23.2 Å². The first-order valence-corrected chi connectivity index (χ1v) is 10.8. The van der Waals surface area contributed by atoms with E-state index in [-0.39, 0.29) is 18.2 Å². The van der Waals surface area contributed by atoms with Gasteiger partial charge in [0.1, 0.15) is 6.04 Å². The number of carbonyl (C=O) groups excluding carboxylic acids is 2. The van der Waals surface area contributed by atoms with Gasteiger partial charge in [-0.2, -0.15) is 0 Å². The SMILES string of the molecule is CCCNC(=O)[C@H](CC)N(CCc1ccccc1)C(=O)Cc1ccc(Cl)cc1Cl. The van der Waals surface area contributed by atoms with Crippen molar-refractivity contribution in [2.24, 2.45) is 0 Å². The Balaban J connectivity index is 2.21. The van der Waals surface area contributed by atoms with E-state index >= 15 is 0 Å². The molecule has 0 aliphatic heterocycles. The molecule has 156 valence electrons. The third kappa shape index (κ3) is 7.06. The van der Waals surface area contributed by atoms with Gasteiger partial charge in [-0.05, 0) is 42.5 Å². The standard InChI is InChI=1S/C23H28Cl2N2O2/c1-3-13-26-23(29)21(4-2)27(14-12-17-8-6-5-7-9-17)22(28)15-18-10-11-19(24)16-20(18)25/h5-11,16,21H,3-4,12-15H2,1-2H3,(H,26,29)/t21-/m0/s1. The summed E-state index contributed by atoms with van der Waals surface area (Å²) in [6, 6.07) is 14.6. The fourth-order valence-electron chi connectivity index (χ4n) is 3.19. The topological polar surface area (TPSA) is 49.4 Å². The number of hydrogen-bond acceptors (Lipinski definition) is 2. The second-order valence-corrected chi connectivity index (χ2v) is 7.79. The van der Waals surface area contributed by atoms with Crippen LogP contribution in [0, 0.1) is 0 Å². The van der Waals surface area contributed by atoms with Crippen LogP contribution in [0.4, 0.5) is 0 Å². The van der Waals surface area contributed by atoms with Crippen molar-refractivity contribution >= 4 is 35.0 Å². The molecule has 1 N–H and O–H groups in total. The summed E-state index contributed by atoms with van der Waals surface area (Å²) in [6.45, 7) is 4.99. The number of nitrogens with one attached hydrogen (secondary N) is 1. The van der Waals surface area contributed by atoms with Gasteiger partial charge in [0.05, 0.1) is 6.42 Å². The van der Waals surface area contributed by atoms with Crippen LogP contribution >= 0.6 is 23.2 Å². The van der Waals surface area contributed by atoms with E-state index in [0.717, 1.165) is 12.0 Å². The van der Waals surface area contributed by atoms with Gasteiger partial charge in [0, 0.05) is 23.1 Å². The zero-order valence-electron chi connectivity index (χ0n) is 17.0.